The zero-order valence-electron chi connectivity index (χ0n) is 11.8. The van der Waals surface area contributed by atoms with Crippen LogP contribution in [-0.4, -0.2) is 32.5 Å². The second-order valence-corrected chi connectivity index (χ2v) is 5.07. The van der Waals surface area contributed by atoms with Crippen LogP contribution < -0.4 is 0 Å². The van der Waals surface area contributed by atoms with Gasteiger partial charge in [-0.1, -0.05) is 0 Å². The summed E-state index contributed by atoms with van der Waals surface area (Å²) in [5.74, 6) is -0.973. The van der Waals surface area contributed by atoms with Crippen molar-refractivity contribution in [2.75, 3.05) is 6.61 Å². The zero-order valence-corrected chi connectivity index (χ0v) is 11.8. The maximum atomic E-state index is 11.3. The van der Waals surface area contributed by atoms with Crippen molar-refractivity contribution in [3.05, 3.63) is 34.5 Å². The van der Waals surface area contributed by atoms with Crippen molar-refractivity contribution in [1.29, 1.82) is 0 Å². The number of fused-ring (bicyclic) bond motifs is 1. The Morgan fingerprint density at radius 1 is 1.40 bits per heavy atom. The number of aromatic carboxylic acids is 1. The summed E-state index contributed by atoms with van der Waals surface area (Å²) in [5.41, 5.74) is 3.28. The molecule has 0 saturated carbocycles. The minimum absolute atomic E-state index is 0.0117. The van der Waals surface area contributed by atoms with Crippen LogP contribution in [0.25, 0.3) is 10.9 Å². The number of rotatable bonds is 4. The molecule has 3 N–H and O–H groups in total. The van der Waals surface area contributed by atoms with E-state index < -0.39 is 12.1 Å². The summed E-state index contributed by atoms with van der Waals surface area (Å²) in [6, 6.07) is 1.64. The quantitative estimate of drug-likeness (QED) is 0.798. The van der Waals surface area contributed by atoms with Crippen LogP contribution in [0.4, 0.5) is 0 Å². The van der Waals surface area contributed by atoms with Crippen molar-refractivity contribution in [3.8, 4) is 0 Å². The van der Waals surface area contributed by atoms with Gasteiger partial charge in [0, 0.05) is 23.7 Å². The largest absolute Gasteiger partial charge is 0.478 e. The SMILES string of the molecule is Cc1c(C(=O)O)cc(C)c2c1c(C(C)O)cn2CCO. The molecule has 20 heavy (non-hydrogen) atoms. The molecule has 0 fully saturated rings. The second kappa shape index (κ2) is 5.26. The van der Waals surface area contributed by atoms with E-state index in [0.29, 0.717) is 17.7 Å². The number of aliphatic hydroxyl groups is 2. The number of carboxylic acid groups (broad SMARTS) is 1. The van der Waals surface area contributed by atoms with E-state index in [1.807, 2.05) is 11.5 Å². The third-order valence-electron chi connectivity index (χ3n) is 3.64. The van der Waals surface area contributed by atoms with Crippen LogP contribution in [0.3, 0.4) is 0 Å². The first-order valence-corrected chi connectivity index (χ1v) is 6.53. The number of nitrogens with zero attached hydrogens (tertiary/aromatic N) is 1. The standard InChI is InChI=1S/C15H19NO4/c1-8-6-11(15(19)20)9(2)13-12(10(3)18)7-16(4-5-17)14(8)13/h6-7,10,17-18H,4-5H2,1-3H3,(H,19,20). The lowest BCUT2D eigenvalue weighted by Gasteiger charge is -2.11. The summed E-state index contributed by atoms with van der Waals surface area (Å²) < 4.78 is 1.87. The molecule has 1 heterocycles. The predicted molar refractivity (Wildman–Crippen MR) is 76.1 cm³/mol. The lowest BCUT2D eigenvalue weighted by Crippen LogP contribution is -2.04. The summed E-state index contributed by atoms with van der Waals surface area (Å²) in [5, 5.41) is 29.1. The summed E-state index contributed by atoms with van der Waals surface area (Å²) >= 11 is 0. The highest BCUT2D eigenvalue weighted by Gasteiger charge is 2.20. The number of hydrogen-bond donors (Lipinski definition) is 3. The van der Waals surface area contributed by atoms with Gasteiger partial charge in [-0.05, 0) is 38.0 Å². The lowest BCUT2D eigenvalue weighted by atomic mass is 9.97. The van der Waals surface area contributed by atoms with Gasteiger partial charge in [0.25, 0.3) is 0 Å². The molecule has 5 heteroatoms. The first-order valence-electron chi connectivity index (χ1n) is 6.53. The predicted octanol–water partition coefficient (Wildman–Crippen LogP) is 2.00. The highest BCUT2D eigenvalue weighted by Crippen LogP contribution is 2.33. The normalized spacial score (nSPS) is 12.8. The summed E-state index contributed by atoms with van der Waals surface area (Å²) in [6.45, 7) is 5.65. The van der Waals surface area contributed by atoms with E-state index in [1.54, 1.807) is 26.1 Å². The van der Waals surface area contributed by atoms with Crippen LogP contribution in [0.5, 0.6) is 0 Å². The van der Waals surface area contributed by atoms with Crippen molar-refractivity contribution in [1.82, 2.24) is 4.57 Å². The molecule has 0 aliphatic carbocycles. The molecule has 1 atom stereocenters. The van der Waals surface area contributed by atoms with E-state index in [9.17, 15) is 15.0 Å². The average molecular weight is 277 g/mol. The van der Waals surface area contributed by atoms with E-state index in [4.69, 9.17) is 5.11 Å². The van der Waals surface area contributed by atoms with Gasteiger partial charge in [-0.15, -0.1) is 0 Å². The van der Waals surface area contributed by atoms with Crippen molar-refractivity contribution in [3.63, 3.8) is 0 Å². The molecular weight excluding hydrogens is 258 g/mol. The van der Waals surface area contributed by atoms with E-state index in [0.717, 1.165) is 16.5 Å². The minimum Gasteiger partial charge on any atom is -0.478 e. The Morgan fingerprint density at radius 2 is 2.05 bits per heavy atom. The van der Waals surface area contributed by atoms with Gasteiger partial charge in [-0.2, -0.15) is 0 Å². The minimum atomic E-state index is -0.973. The van der Waals surface area contributed by atoms with Crippen LogP contribution in [0.2, 0.25) is 0 Å². The summed E-state index contributed by atoms with van der Waals surface area (Å²) in [6.07, 6.45) is 1.09. The topological polar surface area (TPSA) is 82.7 Å². The van der Waals surface area contributed by atoms with Gasteiger partial charge in [0.05, 0.1) is 23.8 Å². The van der Waals surface area contributed by atoms with Crippen molar-refractivity contribution in [2.45, 2.75) is 33.4 Å². The van der Waals surface area contributed by atoms with Crippen LogP contribution >= 0.6 is 0 Å². The smallest absolute Gasteiger partial charge is 0.335 e. The third-order valence-corrected chi connectivity index (χ3v) is 3.64. The second-order valence-electron chi connectivity index (χ2n) is 5.07. The molecular formula is C15H19NO4. The Bertz CT molecular complexity index is 670. The summed E-state index contributed by atoms with van der Waals surface area (Å²) in [7, 11) is 0. The van der Waals surface area contributed by atoms with E-state index in [1.165, 1.54) is 0 Å². The molecule has 5 nitrogen and oxygen atoms in total. The molecule has 0 aliphatic rings. The van der Waals surface area contributed by atoms with Crippen molar-refractivity contribution in [2.24, 2.45) is 0 Å². The fourth-order valence-electron chi connectivity index (χ4n) is 2.75. The fraction of sp³-hybridized carbons (Fsp3) is 0.400. The maximum absolute atomic E-state index is 11.3. The number of hydrogen-bond acceptors (Lipinski definition) is 3. The first-order chi connectivity index (χ1) is 9.38. The third kappa shape index (κ3) is 2.19. The Kier molecular flexibility index (Phi) is 3.83. The van der Waals surface area contributed by atoms with Crippen LogP contribution in [-0.2, 0) is 6.54 Å². The summed E-state index contributed by atoms with van der Waals surface area (Å²) in [4.78, 5) is 11.3. The fourth-order valence-corrected chi connectivity index (χ4v) is 2.75. The van der Waals surface area contributed by atoms with Gasteiger partial charge in [0.1, 0.15) is 0 Å². The average Bonchev–Trinajstić information content (AvgIpc) is 2.74. The van der Waals surface area contributed by atoms with Crippen LogP contribution in [0, 0.1) is 13.8 Å². The van der Waals surface area contributed by atoms with E-state index in [-0.39, 0.29) is 12.2 Å². The molecule has 1 aromatic heterocycles. The van der Waals surface area contributed by atoms with E-state index in [2.05, 4.69) is 0 Å². The Balaban J connectivity index is 2.90. The van der Waals surface area contributed by atoms with Gasteiger partial charge >= 0.3 is 5.97 Å². The molecule has 0 radical (unpaired) electrons. The van der Waals surface area contributed by atoms with Gasteiger partial charge in [0.15, 0.2) is 0 Å². The van der Waals surface area contributed by atoms with Crippen LogP contribution in [0.15, 0.2) is 12.3 Å². The Hall–Kier alpha value is -1.85. The van der Waals surface area contributed by atoms with Gasteiger partial charge in [-0.3, -0.25) is 0 Å². The number of carboxylic acids is 1. The number of aryl methyl sites for hydroxylation is 2. The number of benzene rings is 1. The van der Waals surface area contributed by atoms with Gasteiger partial charge in [-0.25, -0.2) is 4.79 Å². The molecule has 2 rings (SSSR count). The number of aliphatic hydroxyl groups excluding tert-OH is 2. The molecule has 0 amide bonds. The van der Waals surface area contributed by atoms with E-state index >= 15 is 0 Å². The van der Waals surface area contributed by atoms with Gasteiger partial charge in [0.2, 0.25) is 0 Å². The Labute approximate surface area is 117 Å². The molecule has 108 valence electrons. The lowest BCUT2D eigenvalue weighted by molar-refractivity contribution is 0.0696. The maximum Gasteiger partial charge on any atom is 0.335 e. The number of aromatic nitrogens is 1. The monoisotopic (exact) mass is 277 g/mol. The molecule has 1 aromatic carbocycles. The Morgan fingerprint density at radius 3 is 2.55 bits per heavy atom. The van der Waals surface area contributed by atoms with Crippen LogP contribution in [0.1, 0.15) is 40.1 Å². The molecule has 0 spiro atoms. The number of carbonyl (C=O) groups is 1. The highest BCUT2D eigenvalue weighted by atomic mass is 16.4. The van der Waals surface area contributed by atoms with Gasteiger partial charge < -0.3 is 19.9 Å². The zero-order chi connectivity index (χ0) is 15.0. The molecule has 0 bridgehead atoms. The molecule has 0 aliphatic heterocycles. The molecule has 2 aromatic rings. The van der Waals surface area contributed by atoms with Crippen molar-refractivity contribution < 1.29 is 20.1 Å². The highest BCUT2D eigenvalue weighted by molar-refractivity contribution is 6.00. The first kappa shape index (κ1) is 14.6. The molecule has 0 saturated heterocycles. The van der Waals surface area contributed by atoms with Crippen molar-refractivity contribution >= 4 is 16.9 Å². The molecule has 1 unspecified atom stereocenters.